The zero-order chi connectivity index (χ0) is 14.3. The molecule has 2 nitrogen and oxygen atoms in total. The lowest BCUT2D eigenvalue weighted by Gasteiger charge is -2.42. The van der Waals surface area contributed by atoms with E-state index >= 15 is 0 Å². The number of benzene rings is 1. The van der Waals surface area contributed by atoms with Gasteiger partial charge >= 0.3 is 5.97 Å². The van der Waals surface area contributed by atoms with Crippen molar-refractivity contribution in [1.29, 1.82) is 0 Å². The quantitative estimate of drug-likeness (QED) is 0.817. The van der Waals surface area contributed by atoms with Crippen molar-refractivity contribution in [3.63, 3.8) is 0 Å². The summed E-state index contributed by atoms with van der Waals surface area (Å²) in [5.41, 5.74) is 1.89. The molecule has 0 spiro atoms. The lowest BCUT2D eigenvalue weighted by molar-refractivity contribution is -0.144. The highest BCUT2D eigenvalue weighted by atomic mass is 79.9. The standard InChI is InChI=1S/C16H21BrO2/c1-4-12-11-9-7-8-10-13(11)16(17,14(18)19)15(12,5-2)6-3/h7-10,12H,4-6H2,1-3H3,(H,18,19). The molecule has 0 aromatic heterocycles. The van der Waals surface area contributed by atoms with Crippen LogP contribution in [-0.4, -0.2) is 11.1 Å². The molecule has 1 N–H and O–H groups in total. The van der Waals surface area contributed by atoms with Crippen LogP contribution in [-0.2, 0) is 9.12 Å². The molecule has 0 bridgehead atoms. The van der Waals surface area contributed by atoms with E-state index in [2.05, 4.69) is 42.8 Å². The summed E-state index contributed by atoms with van der Waals surface area (Å²) in [6.45, 7) is 6.37. The lowest BCUT2D eigenvalue weighted by atomic mass is 9.65. The van der Waals surface area contributed by atoms with E-state index in [1.165, 1.54) is 5.56 Å². The second-order valence-corrected chi connectivity index (χ2v) is 6.56. The molecule has 0 fully saturated rings. The number of carbonyl (C=O) groups is 1. The van der Waals surface area contributed by atoms with Gasteiger partial charge in [0.15, 0.2) is 4.32 Å². The second-order valence-electron chi connectivity index (χ2n) is 5.37. The lowest BCUT2D eigenvalue weighted by Crippen LogP contribution is -2.45. The molecule has 0 amide bonds. The van der Waals surface area contributed by atoms with E-state index in [0.717, 1.165) is 24.8 Å². The van der Waals surface area contributed by atoms with Gasteiger partial charge in [-0.25, -0.2) is 0 Å². The van der Waals surface area contributed by atoms with Gasteiger partial charge in [-0.3, -0.25) is 4.79 Å². The summed E-state index contributed by atoms with van der Waals surface area (Å²) in [6.07, 6.45) is 2.68. The monoisotopic (exact) mass is 324 g/mol. The molecule has 0 saturated heterocycles. The average Bonchev–Trinajstić information content (AvgIpc) is 2.66. The first-order valence-corrected chi connectivity index (χ1v) is 7.80. The van der Waals surface area contributed by atoms with Gasteiger partial charge in [-0.15, -0.1) is 0 Å². The number of hydrogen-bond acceptors (Lipinski definition) is 1. The predicted octanol–water partition coefficient (Wildman–Crippen LogP) is 4.68. The van der Waals surface area contributed by atoms with Gasteiger partial charge in [0, 0.05) is 5.41 Å². The molecule has 19 heavy (non-hydrogen) atoms. The van der Waals surface area contributed by atoms with Crippen LogP contribution in [0.4, 0.5) is 0 Å². The van der Waals surface area contributed by atoms with E-state index < -0.39 is 10.3 Å². The Labute approximate surface area is 123 Å². The third kappa shape index (κ3) is 1.63. The summed E-state index contributed by atoms with van der Waals surface area (Å²) in [4.78, 5) is 12.0. The smallest absolute Gasteiger partial charge is 0.325 e. The van der Waals surface area contributed by atoms with Crippen molar-refractivity contribution in [3.05, 3.63) is 35.4 Å². The minimum Gasteiger partial charge on any atom is -0.480 e. The van der Waals surface area contributed by atoms with E-state index in [4.69, 9.17) is 0 Å². The number of rotatable bonds is 4. The highest BCUT2D eigenvalue weighted by Gasteiger charge is 2.63. The van der Waals surface area contributed by atoms with Gasteiger partial charge in [0.2, 0.25) is 0 Å². The SMILES string of the molecule is CCC1c2ccccc2C(Br)(C(=O)O)C1(CC)CC. The summed E-state index contributed by atoms with van der Waals surface area (Å²) in [7, 11) is 0. The number of hydrogen-bond donors (Lipinski definition) is 1. The van der Waals surface area contributed by atoms with Gasteiger partial charge < -0.3 is 5.11 Å². The van der Waals surface area contributed by atoms with Crippen LogP contribution < -0.4 is 0 Å². The first kappa shape index (κ1) is 14.6. The van der Waals surface area contributed by atoms with Crippen molar-refractivity contribution < 1.29 is 9.90 Å². The number of aliphatic carboxylic acids is 1. The van der Waals surface area contributed by atoms with Gasteiger partial charge in [0.1, 0.15) is 0 Å². The first-order chi connectivity index (χ1) is 8.99. The highest BCUT2D eigenvalue weighted by molar-refractivity contribution is 9.10. The van der Waals surface area contributed by atoms with Gasteiger partial charge in [-0.05, 0) is 36.3 Å². The maximum absolute atomic E-state index is 12.0. The molecule has 2 unspecified atom stereocenters. The van der Waals surface area contributed by atoms with Crippen LogP contribution in [0.25, 0.3) is 0 Å². The molecular formula is C16H21BrO2. The minimum absolute atomic E-state index is 0.253. The summed E-state index contributed by atoms with van der Waals surface area (Å²) >= 11 is 3.63. The Morgan fingerprint density at radius 1 is 1.26 bits per heavy atom. The third-order valence-corrected chi connectivity index (χ3v) is 6.58. The van der Waals surface area contributed by atoms with Crippen molar-refractivity contribution >= 4 is 21.9 Å². The van der Waals surface area contributed by atoms with Gasteiger partial charge in [0.25, 0.3) is 0 Å². The first-order valence-electron chi connectivity index (χ1n) is 7.01. The van der Waals surface area contributed by atoms with Crippen LogP contribution in [0.5, 0.6) is 0 Å². The largest absolute Gasteiger partial charge is 0.480 e. The van der Waals surface area contributed by atoms with Crippen LogP contribution in [0.15, 0.2) is 24.3 Å². The Bertz CT molecular complexity index is 493. The Morgan fingerprint density at radius 3 is 2.32 bits per heavy atom. The number of alkyl halides is 1. The summed E-state index contributed by atoms with van der Waals surface area (Å²) in [5, 5.41) is 9.88. The summed E-state index contributed by atoms with van der Waals surface area (Å²) in [5.74, 6) is -0.464. The molecule has 3 heteroatoms. The molecule has 1 aromatic carbocycles. The summed E-state index contributed by atoms with van der Waals surface area (Å²) < 4.78 is -0.958. The maximum atomic E-state index is 12.0. The molecular weight excluding hydrogens is 304 g/mol. The van der Waals surface area contributed by atoms with Crippen molar-refractivity contribution in [2.75, 3.05) is 0 Å². The number of fused-ring (bicyclic) bond motifs is 1. The number of carboxylic acid groups (broad SMARTS) is 1. The van der Waals surface area contributed by atoms with Crippen LogP contribution in [0.3, 0.4) is 0 Å². The molecule has 1 aliphatic carbocycles. The van der Waals surface area contributed by atoms with Crippen molar-refractivity contribution in [2.45, 2.75) is 50.3 Å². The Hall–Kier alpha value is -0.830. The number of carboxylic acids is 1. The molecule has 2 atom stereocenters. The molecule has 0 saturated carbocycles. The van der Waals surface area contributed by atoms with Crippen LogP contribution in [0.1, 0.15) is 57.1 Å². The van der Waals surface area contributed by atoms with Crippen LogP contribution in [0, 0.1) is 5.41 Å². The maximum Gasteiger partial charge on any atom is 0.325 e. The fourth-order valence-electron chi connectivity index (χ4n) is 4.09. The minimum atomic E-state index is -0.958. The Morgan fingerprint density at radius 2 is 1.84 bits per heavy atom. The van der Waals surface area contributed by atoms with E-state index in [1.54, 1.807) is 0 Å². The molecule has 104 valence electrons. The second kappa shape index (κ2) is 4.93. The van der Waals surface area contributed by atoms with Crippen molar-refractivity contribution in [3.8, 4) is 0 Å². The predicted molar refractivity (Wildman–Crippen MR) is 80.7 cm³/mol. The zero-order valence-corrected chi connectivity index (χ0v) is 13.3. The van der Waals surface area contributed by atoms with Crippen molar-refractivity contribution in [1.82, 2.24) is 0 Å². The summed E-state index contributed by atoms with van der Waals surface area (Å²) in [6, 6.07) is 8.01. The van der Waals surface area contributed by atoms with E-state index in [9.17, 15) is 9.90 Å². The third-order valence-electron chi connectivity index (χ3n) is 5.03. The molecule has 1 aliphatic rings. The Kier molecular flexibility index (Phi) is 3.78. The topological polar surface area (TPSA) is 37.3 Å². The van der Waals surface area contributed by atoms with Gasteiger partial charge in [-0.1, -0.05) is 61.0 Å². The number of halogens is 1. The van der Waals surface area contributed by atoms with E-state index in [-0.39, 0.29) is 5.41 Å². The Balaban J connectivity index is 2.78. The van der Waals surface area contributed by atoms with Gasteiger partial charge in [0.05, 0.1) is 0 Å². The molecule has 1 aromatic rings. The molecule has 0 radical (unpaired) electrons. The average molecular weight is 325 g/mol. The van der Waals surface area contributed by atoms with Crippen LogP contribution in [0.2, 0.25) is 0 Å². The zero-order valence-electron chi connectivity index (χ0n) is 11.7. The normalized spacial score (nSPS) is 28.1. The van der Waals surface area contributed by atoms with Crippen molar-refractivity contribution in [2.24, 2.45) is 5.41 Å². The van der Waals surface area contributed by atoms with Crippen LogP contribution >= 0.6 is 15.9 Å². The van der Waals surface area contributed by atoms with E-state index in [1.807, 2.05) is 18.2 Å². The van der Waals surface area contributed by atoms with Gasteiger partial charge in [-0.2, -0.15) is 0 Å². The molecule has 0 aliphatic heterocycles. The molecule has 2 rings (SSSR count). The molecule has 0 heterocycles. The fraction of sp³-hybridized carbons (Fsp3) is 0.562. The highest BCUT2D eigenvalue weighted by Crippen LogP contribution is 2.66. The fourth-order valence-corrected chi connectivity index (χ4v) is 5.29. The van der Waals surface area contributed by atoms with E-state index in [0.29, 0.717) is 5.92 Å².